The lowest BCUT2D eigenvalue weighted by atomic mass is 10.3. The second kappa shape index (κ2) is 6.76. The molecule has 1 aromatic rings. The van der Waals surface area contributed by atoms with E-state index >= 15 is 0 Å². The molecule has 0 saturated carbocycles. The van der Waals surface area contributed by atoms with Gasteiger partial charge < -0.3 is 14.2 Å². The maximum Gasteiger partial charge on any atom is 0.269 e. The molecule has 0 unspecified atom stereocenters. The van der Waals surface area contributed by atoms with Gasteiger partial charge in [0.05, 0.1) is 18.1 Å². The minimum atomic E-state index is -0.459. The van der Waals surface area contributed by atoms with E-state index in [-0.39, 0.29) is 12.5 Å². The van der Waals surface area contributed by atoms with E-state index in [9.17, 15) is 10.1 Å². The van der Waals surface area contributed by atoms with E-state index in [0.29, 0.717) is 19.0 Å². The topological polar surface area (TPSA) is 70.8 Å². The summed E-state index contributed by atoms with van der Waals surface area (Å²) in [5, 5.41) is 10.4. The van der Waals surface area contributed by atoms with Crippen molar-refractivity contribution in [3.8, 4) is 5.75 Å². The van der Waals surface area contributed by atoms with E-state index in [1.165, 1.54) is 24.3 Å². The Bertz CT molecular complexity index is 324. The standard InChI is InChI=1S/C10H13NO5/c1-14-6-7-15-8-16-10-4-2-9(3-5-10)11(12)13/h2-5H,6-8H2,1H3. The number of ether oxygens (including phenoxy) is 3. The number of rotatable bonds is 7. The fourth-order valence-electron chi connectivity index (χ4n) is 0.975. The maximum atomic E-state index is 10.4. The van der Waals surface area contributed by atoms with E-state index in [0.717, 1.165) is 0 Å². The van der Waals surface area contributed by atoms with Gasteiger partial charge in [0.25, 0.3) is 5.69 Å². The molecule has 1 rings (SSSR count). The molecule has 0 heterocycles. The van der Waals surface area contributed by atoms with Crippen LogP contribution in [0.2, 0.25) is 0 Å². The summed E-state index contributed by atoms with van der Waals surface area (Å²) in [6.45, 7) is 1.05. The van der Waals surface area contributed by atoms with Crippen LogP contribution < -0.4 is 4.74 Å². The van der Waals surface area contributed by atoms with Crippen LogP contribution in [0.1, 0.15) is 0 Å². The Morgan fingerprint density at radius 2 is 1.94 bits per heavy atom. The average molecular weight is 227 g/mol. The zero-order valence-corrected chi connectivity index (χ0v) is 8.92. The Morgan fingerprint density at radius 1 is 1.25 bits per heavy atom. The third-order valence-corrected chi connectivity index (χ3v) is 1.79. The summed E-state index contributed by atoms with van der Waals surface area (Å²) in [6, 6.07) is 5.81. The molecule has 16 heavy (non-hydrogen) atoms. The second-order valence-electron chi connectivity index (χ2n) is 2.91. The summed E-state index contributed by atoms with van der Waals surface area (Å²) in [7, 11) is 1.58. The number of benzene rings is 1. The highest BCUT2D eigenvalue weighted by Gasteiger charge is 2.03. The highest BCUT2D eigenvalue weighted by Crippen LogP contribution is 2.16. The van der Waals surface area contributed by atoms with Crippen LogP contribution in [0.5, 0.6) is 5.75 Å². The molecule has 0 fully saturated rings. The summed E-state index contributed by atoms with van der Waals surface area (Å²) >= 11 is 0. The number of non-ortho nitro benzene ring substituents is 1. The third kappa shape index (κ3) is 4.24. The van der Waals surface area contributed by atoms with Crippen molar-refractivity contribution in [2.45, 2.75) is 0 Å². The number of methoxy groups -OCH3 is 1. The van der Waals surface area contributed by atoms with Gasteiger partial charge in [0.1, 0.15) is 5.75 Å². The molecule has 0 radical (unpaired) electrons. The molecule has 0 aliphatic heterocycles. The summed E-state index contributed by atoms with van der Waals surface area (Å²) in [4.78, 5) is 9.91. The zero-order chi connectivity index (χ0) is 11.8. The molecule has 0 saturated heterocycles. The molecule has 0 atom stereocenters. The lowest BCUT2D eigenvalue weighted by Crippen LogP contribution is -2.07. The summed E-state index contributed by atoms with van der Waals surface area (Å²) in [6.07, 6.45) is 0. The van der Waals surface area contributed by atoms with Gasteiger partial charge in [-0.25, -0.2) is 0 Å². The number of hydrogen-bond acceptors (Lipinski definition) is 5. The zero-order valence-electron chi connectivity index (χ0n) is 8.92. The molecule has 0 bridgehead atoms. The first kappa shape index (κ1) is 12.4. The average Bonchev–Trinajstić information content (AvgIpc) is 2.29. The minimum absolute atomic E-state index is 0.0349. The first-order valence-electron chi connectivity index (χ1n) is 4.68. The number of nitro groups is 1. The highest BCUT2D eigenvalue weighted by molar-refractivity contribution is 5.35. The Balaban J connectivity index is 2.29. The molecular formula is C10H13NO5. The van der Waals surface area contributed by atoms with Gasteiger partial charge in [-0.3, -0.25) is 10.1 Å². The van der Waals surface area contributed by atoms with Crippen molar-refractivity contribution in [2.75, 3.05) is 27.1 Å². The Hall–Kier alpha value is -1.66. The van der Waals surface area contributed by atoms with E-state index in [1.54, 1.807) is 7.11 Å². The van der Waals surface area contributed by atoms with Gasteiger partial charge >= 0.3 is 0 Å². The van der Waals surface area contributed by atoms with Gasteiger partial charge in [0, 0.05) is 19.2 Å². The molecule has 0 aromatic heterocycles. The van der Waals surface area contributed by atoms with Gasteiger partial charge in [0.2, 0.25) is 0 Å². The van der Waals surface area contributed by atoms with E-state index < -0.39 is 4.92 Å². The van der Waals surface area contributed by atoms with Crippen molar-refractivity contribution in [1.29, 1.82) is 0 Å². The monoisotopic (exact) mass is 227 g/mol. The first-order valence-corrected chi connectivity index (χ1v) is 4.68. The fourth-order valence-corrected chi connectivity index (χ4v) is 0.975. The normalized spacial score (nSPS) is 10.1. The van der Waals surface area contributed by atoms with E-state index in [4.69, 9.17) is 14.2 Å². The van der Waals surface area contributed by atoms with Crippen LogP contribution >= 0.6 is 0 Å². The highest BCUT2D eigenvalue weighted by atomic mass is 16.7. The lowest BCUT2D eigenvalue weighted by Gasteiger charge is -2.06. The summed E-state index contributed by atoms with van der Waals surface area (Å²) < 4.78 is 15.0. The molecule has 0 N–H and O–H groups in total. The van der Waals surface area contributed by atoms with Crippen molar-refractivity contribution in [1.82, 2.24) is 0 Å². The quantitative estimate of drug-likeness (QED) is 0.306. The third-order valence-electron chi connectivity index (χ3n) is 1.79. The summed E-state index contributed by atoms with van der Waals surface area (Å²) in [5.74, 6) is 0.531. The molecule has 0 aliphatic rings. The van der Waals surface area contributed by atoms with Gasteiger partial charge in [0.15, 0.2) is 6.79 Å². The number of nitro benzene ring substituents is 1. The SMILES string of the molecule is COCCOCOc1ccc([N+](=O)[O-])cc1. The van der Waals surface area contributed by atoms with Crippen molar-refractivity contribution in [3.63, 3.8) is 0 Å². The van der Waals surface area contributed by atoms with Crippen molar-refractivity contribution >= 4 is 5.69 Å². The second-order valence-corrected chi connectivity index (χ2v) is 2.91. The molecular weight excluding hydrogens is 214 g/mol. The fraction of sp³-hybridized carbons (Fsp3) is 0.400. The van der Waals surface area contributed by atoms with Crippen LogP contribution in [0.3, 0.4) is 0 Å². The molecule has 0 spiro atoms. The molecule has 1 aromatic carbocycles. The van der Waals surface area contributed by atoms with E-state index in [1.807, 2.05) is 0 Å². The van der Waals surface area contributed by atoms with Crippen LogP contribution in [0, 0.1) is 10.1 Å². The van der Waals surface area contributed by atoms with Gasteiger partial charge in [-0.1, -0.05) is 0 Å². The molecule has 6 heteroatoms. The molecule has 0 amide bonds. The van der Waals surface area contributed by atoms with Crippen LogP contribution in [0.15, 0.2) is 24.3 Å². The lowest BCUT2D eigenvalue weighted by molar-refractivity contribution is -0.384. The minimum Gasteiger partial charge on any atom is -0.468 e. The van der Waals surface area contributed by atoms with Crippen LogP contribution in [-0.2, 0) is 9.47 Å². The van der Waals surface area contributed by atoms with E-state index in [2.05, 4.69) is 0 Å². The van der Waals surface area contributed by atoms with Crippen LogP contribution in [0.4, 0.5) is 5.69 Å². The van der Waals surface area contributed by atoms with Gasteiger partial charge in [-0.05, 0) is 12.1 Å². The largest absolute Gasteiger partial charge is 0.468 e. The molecule has 6 nitrogen and oxygen atoms in total. The number of hydrogen-bond donors (Lipinski definition) is 0. The Kier molecular flexibility index (Phi) is 5.24. The van der Waals surface area contributed by atoms with Crippen molar-refractivity contribution in [2.24, 2.45) is 0 Å². The van der Waals surface area contributed by atoms with Crippen molar-refractivity contribution < 1.29 is 19.1 Å². The number of nitrogens with zero attached hydrogens (tertiary/aromatic N) is 1. The Labute approximate surface area is 92.9 Å². The molecule has 0 aliphatic carbocycles. The maximum absolute atomic E-state index is 10.4. The van der Waals surface area contributed by atoms with Gasteiger partial charge in [-0.2, -0.15) is 0 Å². The van der Waals surface area contributed by atoms with Gasteiger partial charge in [-0.15, -0.1) is 0 Å². The Morgan fingerprint density at radius 3 is 2.50 bits per heavy atom. The first-order chi connectivity index (χ1) is 7.74. The van der Waals surface area contributed by atoms with Crippen molar-refractivity contribution in [3.05, 3.63) is 34.4 Å². The smallest absolute Gasteiger partial charge is 0.269 e. The predicted molar refractivity (Wildman–Crippen MR) is 56.4 cm³/mol. The summed E-state index contributed by atoms with van der Waals surface area (Å²) in [5.41, 5.74) is 0.0349. The molecule has 88 valence electrons. The predicted octanol–water partition coefficient (Wildman–Crippen LogP) is 1.59. The van der Waals surface area contributed by atoms with Crippen LogP contribution in [-0.4, -0.2) is 32.0 Å². The van der Waals surface area contributed by atoms with Crippen LogP contribution in [0.25, 0.3) is 0 Å².